The standard InChI is InChI=1S/C8H14N2O2.2ClH/c11-8(12)7-4-10(5-7)3-6-1-9-2-6;;/h6-7,9H,1-5H2,(H,11,12);2*1H. The Morgan fingerprint density at radius 3 is 2.29 bits per heavy atom. The lowest BCUT2D eigenvalue weighted by Gasteiger charge is -2.41. The van der Waals surface area contributed by atoms with Gasteiger partial charge >= 0.3 is 5.97 Å². The Kier molecular flexibility index (Phi) is 5.74. The third kappa shape index (κ3) is 2.98. The summed E-state index contributed by atoms with van der Waals surface area (Å²) in [6.07, 6.45) is 0. The molecule has 2 N–H and O–H groups in total. The van der Waals surface area contributed by atoms with Gasteiger partial charge in [0.1, 0.15) is 0 Å². The molecule has 0 aromatic heterocycles. The van der Waals surface area contributed by atoms with Gasteiger partial charge < -0.3 is 15.3 Å². The first-order chi connectivity index (χ1) is 5.75. The van der Waals surface area contributed by atoms with E-state index >= 15 is 0 Å². The van der Waals surface area contributed by atoms with Crippen molar-refractivity contribution in [3.63, 3.8) is 0 Å². The van der Waals surface area contributed by atoms with E-state index in [-0.39, 0.29) is 30.7 Å². The molecule has 4 nitrogen and oxygen atoms in total. The van der Waals surface area contributed by atoms with Gasteiger partial charge in [-0.3, -0.25) is 4.79 Å². The fourth-order valence-corrected chi connectivity index (χ4v) is 1.72. The zero-order valence-corrected chi connectivity index (χ0v) is 9.44. The molecule has 0 bridgehead atoms. The summed E-state index contributed by atoms with van der Waals surface area (Å²) in [5.74, 6) is 0.0239. The van der Waals surface area contributed by atoms with Crippen molar-refractivity contribution in [1.82, 2.24) is 10.2 Å². The highest BCUT2D eigenvalue weighted by molar-refractivity contribution is 5.85. The van der Waals surface area contributed by atoms with Gasteiger partial charge in [-0.1, -0.05) is 0 Å². The summed E-state index contributed by atoms with van der Waals surface area (Å²) < 4.78 is 0. The number of carboxylic acids is 1. The fourth-order valence-electron chi connectivity index (χ4n) is 1.72. The average molecular weight is 243 g/mol. The lowest BCUT2D eigenvalue weighted by molar-refractivity contribution is -0.147. The van der Waals surface area contributed by atoms with Crippen molar-refractivity contribution in [1.29, 1.82) is 0 Å². The van der Waals surface area contributed by atoms with Gasteiger partial charge in [-0.25, -0.2) is 0 Å². The minimum absolute atomic E-state index is 0. The van der Waals surface area contributed by atoms with E-state index in [9.17, 15) is 4.79 Å². The SMILES string of the molecule is Cl.Cl.O=C(O)C1CN(CC2CNC2)C1. The van der Waals surface area contributed by atoms with Crippen LogP contribution in [0, 0.1) is 11.8 Å². The number of carbonyl (C=O) groups is 1. The van der Waals surface area contributed by atoms with Crippen molar-refractivity contribution < 1.29 is 9.90 Å². The van der Waals surface area contributed by atoms with Crippen LogP contribution in [0.2, 0.25) is 0 Å². The van der Waals surface area contributed by atoms with E-state index in [2.05, 4.69) is 10.2 Å². The monoisotopic (exact) mass is 242 g/mol. The molecule has 0 aromatic rings. The van der Waals surface area contributed by atoms with Gasteiger partial charge in [0.2, 0.25) is 0 Å². The first kappa shape index (κ1) is 14.0. The summed E-state index contributed by atoms with van der Waals surface area (Å²) in [4.78, 5) is 12.7. The number of aliphatic carboxylic acids is 1. The molecule has 0 aromatic carbocycles. The van der Waals surface area contributed by atoms with E-state index in [0.29, 0.717) is 0 Å². The number of rotatable bonds is 3. The van der Waals surface area contributed by atoms with Gasteiger partial charge in [-0.2, -0.15) is 0 Å². The molecule has 2 saturated heterocycles. The number of nitrogens with zero attached hydrogens (tertiary/aromatic N) is 1. The Labute approximate surface area is 95.9 Å². The maximum Gasteiger partial charge on any atom is 0.309 e. The van der Waals surface area contributed by atoms with E-state index < -0.39 is 5.97 Å². The average Bonchev–Trinajstić information content (AvgIpc) is 1.79. The zero-order valence-electron chi connectivity index (χ0n) is 7.81. The van der Waals surface area contributed by atoms with E-state index in [1.165, 1.54) is 0 Å². The molecule has 0 radical (unpaired) electrons. The van der Waals surface area contributed by atoms with E-state index in [1.54, 1.807) is 0 Å². The van der Waals surface area contributed by atoms with Crippen LogP contribution in [0.4, 0.5) is 0 Å². The van der Waals surface area contributed by atoms with Crippen LogP contribution < -0.4 is 5.32 Å². The van der Waals surface area contributed by atoms with Crippen molar-refractivity contribution >= 4 is 30.8 Å². The van der Waals surface area contributed by atoms with Crippen LogP contribution in [0.5, 0.6) is 0 Å². The number of hydrogen-bond donors (Lipinski definition) is 2. The largest absolute Gasteiger partial charge is 0.481 e. The normalized spacial score (nSPS) is 22.6. The smallest absolute Gasteiger partial charge is 0.309 e. The van der Waals surface area contributed by atoms with Crippen LogP contribution in [0.15, 0.2) is 0 Å². The minimum Gasteiger partial charge on any atom is -0.481 e. The van der Waals surface area contributed by atoms with Gasteiger partial charge in [-0.15, -0.1) is 24.8 Å². The number of likely N-dealkylation sites (tertiary alicyclic amines) is 1. The maximum atomic E-state index is 10.5. The second-order valence-corrected chi connectivity index (χ2v) is 3.78. The van der Waals surface area contributed by atoms with E-state index in [0.717, 1.165) is 38.6 Å². The molecule has 0 spiro atoms. The molecular weight excluding hydrogens is 227 g/mol. The molecule has 84 valence electrons. The number of carboxylic acid groups (broad SMARTS) is 1. The predicted molar refractivity (Wildman–Crippen MR) is 58.4 cm³/mol. The molecule has 0 aliphatic carbocycles. The topological polar surface area (TPSA) is 52.6 Å². The van der Waals surface area contributed by atoms with E-state index in [4.69, 9.17) is 5.11 Å². The first-order valence-electron chi connectivity index (χ1n) is 4.41. The van der Waals surface area contributed by atoms with E-state index in [1.807, 2.05) is 0 Å². The Morgan fingerprint density at radius 1 is 1.36 bits per heavy atom. The highest BCUT2D eigenvalue weighted by atomic mass is 35.5. The fraction of sp³-hybridized carbons (Fsp3) is 0.875. The summed E-state index contributed by atoms with van der Waals surface area (Å²) in [6.45, 7) is 4.80. The molecule has 2 rings (SSSR count). The van der Waals surface area contributed by atoms with Crippen LogP contribution in [0.3, 0.4) is 0 Å². The van der Waals surface area contributed by atoms with Crippen molar-refractivity contribution in [3.05, 3.63) is 0 Å². The molecule has 6 heteroatoms. The van der Waals surface area contributed by atoms with Crippen LogP contribution in [0.25, 0.3) is 0 Å². The van der Waals surface area contributed by atoms with Gasteiger partial charge in [-0.05, 0) is 5.92 Å². The van der Waals surface area contributed by atoms with Crippen molar-refractivity contribution in [3.8, 4) is 0 Å². The van der Waals surface area contributed by atoms with Crippen LogP contribution in [-0.4, -0.2) is 48.7 Å². The van der Waals surface area contributed by atoms with Gasteiger partial charge in [0.25, 0.3) is 0 Å². The Bertz CT molecular complexity index is 194. The van der Waals surface area contributed by atoms with Gasteiger partial charge in [0.05, 0.1) is 5.92 Å². The van der Waals surface area contributed by atoms with Crippen LogP contribution in [0.1, 0.15) is 0 Å². The lowest BCUT2D eigenvalue weighted by atomic mass is 9.96. The number of hydrogen-bond acceptors (Lipinski definition) is 3. The highest BCUT2D eigenvalue weighted by Gasteiger charge is 2.34. The minimum atomic E-state index is -0.641. The molecule has 0 atom stereocenters. The van der Waals surface area contributed by atoms with Gasteiger partial charge in [0, 0.05) is 32.7 Å². The number of nitrogens with one attached hydrogen (secondary N) is 1. The molecule has 0 unspecified atom stereocenters. The first-order valence-corrected chi connectivity index (χ1v) is 4.41. The third-order valence-corrected chi connectivity index (χ3v) is 2.69. The van der Waals surface area contributed by atoms with Crippen LogP contribution in [-0.2, 0) is 4.79 Å². The second kappa shape index (κ2) is 5.75. The Morgan fingerprint density at radius 2 is 1.93 bits per heavy atom. The summed E-state index contributed by atoms with van der Waals surface area (Å²) in [6, 6.07) is 0. The summed E-state index contributed by atoms with van der Waals surface area (Å²) >= 11 is 0. The quantitative estimate of drug-likeness (QED) is 0.736. The number of halogens is 2. The molecule has 0 amide bonds. The molecule has 2 heterocycles. The molecule has 2 aliphatic heterocycles. The molecular formula is C8H16Cl2N2O2. The van der Waals surface area contributed by atoms with Crippen molar-refractivity contribution in [2.45, 2.75) is 0 Å². The summed E-state index contributed by atoms with van der Waals surface area (Å²) in [5.41, 5.74) is 0. The Hall–Kier alpha value is -0.0300. The molecule has 2 aliphatic rings. The Balaban J connectivity index is 0.000000845. The lowest BCUT2D eigenvalue weighted by Crippen LogP contribution is -2.56. The van der Waals surface area contributed by atoms with Crippen molar-refractivity contribution in [2.24, 2.45) is 11.8 Å². The second-order valence-electron chi connectivity index (χ2n) is 3.78. The molecule has 2 fully saturated rings. The summed E-state index contributed by atoms with van der Waals surface area (Å²) in [5, 5.41) is 11.8. The maximum absolute atomic E-state index is 10.5. The highest BCUT2D eigenvalue weighted by Crippen LogP contribution is 2.18. The predicted octanol–water partition coefficient (Wildman–Crippen LogP) is 0.0658. The van der Waals surface area contributed by atoms with Crippen LogP contribution >= 0.6 is 24.8 Å². The summed E-state index contributed by atoms with van der Waals surface area (Å²) in [7, 11) is 0. The van der Waals surface area contributed by atoms with Gasteiger partial charge in [0.15, 0.2) is 0 Å². The zero-order chi connectivity index (χ0) is 8.55. The molecule has 0 saturated carbocycles. The van der Waals surface area contributed by atoms with Crippen molar-refractivity contribution in [2.75, 3.05) is 32.7 Å². The third-order valence-electron chi connectivity index (χ3n) is 2.69. The molecule has 14 heavy (non-hydrogen) atoms.